The Morgan fingerprint density at radius 3 is 2.33 bits per heavy atom. The summed E-state index contributed by atoms with van der Waals surface area (Å²) in [5.41, 5.74) is -0.177. The molecule has 2 aliphatic rings. The van der Waals surface area contributed by atoms with E-state index in [1.807, 2.05) is 25.1 Å². The SMILES string of the molecule is CC(C)(C)CS(=O)(=O)N1CCCCCC1C1CCNCC1. The minimum atomic E-state index is -3.15. The predicted molar refractivity (Wildman–Crippen MR) is 87.8 cm³/mol. The van der Waals surface area contributed by atoms with E-state index in [2.05, 4.69) is 5.32 Å². The molecule has 2 heterocycles. The molecule has 0 aromatic carbocycles. The predicted octanol–water partition coefficient (Wildman–Crippen LogP) is 2.61. The van der Waals surface area contributed by atoms with E-state index < -0.39 is 10.0 Å². The van der Waals surface area contributed by atoms with Crippen LogP contribution in [0.25, 0.3) is 0 Å². The molecule has 0 aliphatic carbocycles. The van der Waals surface area contributed by atoms with Crippen LogP contribution >= 0.6 is 0 Å². The highest BCUT2D eigenvalue weighted by Gasteiger charge is 2.37. The Hall–Kier alpha value is -0.130. The van der Waals surface area contributed by atoms with Crippen LogP contribution in [0.4, 0.5) is 0 Å². The highest BCUT2D eigenvalue weighted by atomic mass is 32.2. The normalized spacial score (nSPS) is 27.5. The van der Waals surface area contributed by atoms with Crippen LogP contribution in [0.2, 0.25) is 0 Å². The molecule has 124 valence electrons. The smallest absolute Gasteiger partial charge is 0.214 e. The van der Waals surface area contributed by atoms with Crippen molar-refractivity contribution in [2.24, 2.45) is 11.3 Å². The summed E-state index contributed by atoms with van der Waals surface area (Å²) in [6.07, 6.45) is 6.65. The lowest BCUT2D eigenvalue weighted by Gasteiger charge is -2.38. The van der Waals surface area contributed by atoms with E-state index in [4.69, 9.17) is 0 Å². The lowest BCUT2D eigenvalue weighted by atomic mass is 9.88. The zero-order chi connectivity index (χ0) is 15.5. The highest BCUT2D eigenvalue weighted by Crippen LogP contribution is 2.32. The van der Waals surface area contributed by atoms with Gasteiger partial charge in [-0.25, -0.2) is 8.42 Å². The Morgan fingerprint density at radius 1 is 1.05 bits per heavy atom. The van der Waals surface area contributed by atoms with Crippen molar-refractivity contribution in [1.82, 2.24) is 9.62 Å². The summed E-state index contributed by atoms with van der Waals surface area (Å²) in [5.74, 6) is 0.806. The van der Waals surface area contributed by atoms with Gasteiger partial charge in [-0.15, -0.1) is 0 Å². The van der Waals surface area contributed by atoms with Gasteiger partial charge < -0.3 is 5.32 Å². The number of nitrogens with zero attached hydrogens (tertiary/aromatic N) is 1. The van der Waals surface area contributed by atoms with Gasteiger partial charge in [-0.3, -0.25) is 0 Å². The molecular weight excluding hydrogens is 284 g/mol. The van der Waals surface area contributed by atoms with Crippen molar-refractivity contribution in [1.29, 1.82) is 0 Å². The van der Waals surface area contributed by atoms with E-state index in [1.54, 1.807) is 0 Å². The Labute approximate surface area is 130 Å². The van der Waals surface area contributed by atoms with E-state index in [1.165, 1.54) is 12.8 Å². The second-order valence-electron chi connectivity index (χ2n) is 7.93. The van der Waals surface area contributed by atoms with Gasteiger partial charge in [0.05, 0.1) is 5.75 Å². The van der Waals surface area contributed by atoms with Crippen LogP contribution in [-0.4, -0.2) is 44.2 Å². The van der Waals surface area contributed by atoms with Crippen LogP contribution in [0.15, 0.2) is 0 Å². The number of hydrogen-bond acceptors (Lipinski definition) is 3. The molecule has 2 fully saturated rings. The quantitative estimate of drug-likeness (QED) is 0.871. The third kappa shape index (κ3) is 4.93. The van der Waals surface area contributed by atoms with Gasteiger partial charge in [-0.1, -0.05) is 33.6 Å². The van der Waals surface area contributed by atoms with Crippen LogP contribution < -0.4 is 5.32 Å². The molecule has 5 heteroatoms. The van der Waals surface area contributed by atoms with E-state index in [9.17, 15) is 8.42 Å². The molecule has 4 nitrogen and oxygen atoms in total. The Morgan fingerprint density at radius 2 is 1.71 bits per heavy atom. The van der Waals surface area contributed by atoms with E-state index in [0.29, 0.717) is 5.92 Å². The Kier molecular flexibility index (Phi) is 5.71. The summed E-state index contributed by atoms with van der Waals surface area (Å²) in [7, 11) is -3.15. The molecule has 2 aliphatic heterocycles. The molecule has 2 saturated heterocycles. The average Bonchev–Trinajstić information content (AvgIpc) is 2.63. The first-order valence-corrected chi connectivity index (χ1v) is 10.1. The maximum Gasteiger partial charge on any atom is 0.214 e. The van der Waals surface area contributed by atoms with Gasteiger partial charge in [0.15, 0.2) is 0 Å². The van der Waals surface area contributed by atoms with Crippen molar-refractivity contribution in [3.8, 4) is 0 Å². The zero-order valence-corrected chi connectivity index (χ0v) is 14.7. The number of nitrogens with one attached hydrogen (secondary N) is 1. The van der Waals surface area contributed by atoms with Crippen molar-refractivity contribution in [3.63, 3.8) is 0 Å². The Bertz CT molecular complexity index is 422. The van der Waals surface area contributed by atoms with Crippen LogP contribution in [-0.2, 0) is 10.0 Å². The van der Waals surface area contributed by atoms with E-state index in [0.717, 1.165) is 45.3 Å². The first-order chi connectivity index (χ1) is 9.80. The number of sulfonamides is 1. The van der Waals surface area contributed by atoms with Gasteiger partial charge in [-0.2, -0.15) is 4.31 Å². The topological polar surface area (TPSA) is 49.4 Å². The molecule has 0 spiro atoms. The maximum absolute atomic E-state index is 12.9. The molecule has 1 atom stereocenters. The summed E-state index contributed by atoms with van der Waals surface area (Å²) in [6, 6.07) is 0.238. The summed E-state index contributed by atoms with van der Waals surface area (Å²) in [6.45, 7) is 8.85. The molecule has 2 rings (SSSR count). The first-order valence-electron chi connectivity index (χ1n) is 8.50. The van der Waals surface area contributed by atoms with Crippen molar-refractivity contribution in [3.05, 3.63) is 0 Å². The van der Waals surface area contributed by atoms with Crippen molar-refractivity contribution < 1.29 is 8.42 Å². The summed E-state index contributed by atoms with van der Waals surface area (Å²) in [5, 5.41) is 3.39. The van der Waals surface area contributed by atoms with Gasteiger partial charge in [0.25, 0.3) is 0 Å². The molecule has 0 aromatic rings. The standard InChI is InChI=1S/C16H32N2O2S/c1-16(2,3)13-21(19,20)18-12-6-4-5-7-15(18)14-8-10-17-11-9-14/h14-15,17H,4-13H2,1-3H3. The van der Waals surface area contributed by atoms with Gasteiger partial charge >= 0.3 is 0 Å². The highest BCUT2D eigenvalue weighted by molar-refractivity contribution is 7.89. The van der Waals surface area contributed by atoms with E-state index >= 15 is 0 Å². The number of hydrogen-bond donors (Lipinski definition) is 1. The van der Waals surface area contributed by atoms with Gasteiger partial charge in [0, 0.05) is 12.6 Å². The molecule has 0 amide bonds. The lowest BCUT2D eigenvalue weighted by molar-refractivity contribution is 0.196. The van der Waals surface area contributed by atoms with Crippen LogP contribution in [0.5, 0.6) is 0 Å². The molecule has 1 N–H and O–H groups in total. The van der Waals surface area contributed by atoms with Crippen molar-refractivity contribution >= 4 is 10.0 Å². The fourth-order valence-electron chi connectivity index (χ4n) is 3.78. The fraction of sp³-hybridized carbons (Fsp3) is 1.00. The molecule has 0 aromatic heterocycles. The van der Waals surface area contributed by atoms with Crippen molar-refractivity contribution in [2.75, 3.05) is 25.4 Å². The first kappa shape index (κ1) is 17.2. The van der Waals surface area contributed by atoms with Gasteiger partial charge in [-0.05, 0) is 50.1 Å². The molecular formula is C16H32N2O2S. The largest absolute Gasteiger partial charge is 0.317 e. The van der Waals surface area contributed by atoms with E-state index in [-0.39, 0.29) is 17.2 Å². The van der Waals surface area contributed by atoms with Crippen LogP contribution in [0, 0.1) is 11.3 Å². The molecule has 1 unspecified atom stereocenters. The van der Waals surface area contributed by atoms with Crippen LogP contribution in [0.3, 0.4) is 0 Å². The fourth-order valence-corrected chi connectivity index (χ4v) is 6.14. The average molecular weight is 317 g/mol. The van der Waals surface area contributed by atoms with Crippen molar-refractivity contribution in [2.45, 2.75) is 65.3 Å². The molecule has 0 saturated carbocycles. The minimum absolute atomic E-state index is 0.177. The third-order valence-corrected chi connectivity index (χ3v) is 7.05. The zero-order valence-electron chi connectivity index (χ0n) is 13.9. The summed E-state index contributed by atoms with van der Waals surface area (Å²) < 4.78 is 27.7. The van der Waals surface area contributed by atoms with Gasteiger partial charge in [0.2, 0.25) is 10.0 Å². The second kappa shape index (κ2) is 6.97. The Balaban J connectivity index is 2.18. The minimum Gasteiger partial charge on any atom is -0.317 e. The molecule has 0 radical (unpaired) electrons. The maximum atomic E-state index is 12.9. The summed E-state index contributed by atoms with van der Waals surface area (Å²) >= 11 is 0. The van der Waals surface area contributed by atoms with Crippen LogP contribution in [0.1, 0.15) is 59.3 Å². The molecule has 0 bridgehead atoms. The number of piperidine rings is 1. The second-order valence-corrected chi connectivity index (χ2v) is 9.85. The number of rotatable bonds is 3. The van der Waals surface area contributed by atoms with Gasteiger partial charge in [0.1, 0.15) is 0 Å². The third-order valence-electron chi connectivity index (χ3n) is 4.65. The summed E-state index contributed by atoms with van der Waals surface area (Å²) in [4.78, 5) is 0. The lowest BCUT2D eigenvalue weighted by Crippen LogP contribution is -2.48. The monoisotopic (exact) mass is 316 g/mol. The molecule has 21 heavy (non-hydrogen) atoms.